The van der Waals surface area contributed by atoms with E-state index in [0.29, 0.717) is 19.6 Å². The van der Waals surface area contributed by atoms with E-state index in [1.54, 1.807) is 0 Å². The van der Waals surface area contributed by atoms with Crippen LogP contribution in [0.15, 0.2) is 48.6 Å². The van der Waals surface area contributed by atoms with Crippen molar-refractivity contribution >= 4 is 12.0 Å². The quantitative estimate of drug-likeness (QED) is 0.135. The maximum Gasteiger partial charge on any atom is 0.306 e. The number of benzene rings is 1. The second-order valence-electron chi connectivity index (χ2n) is 9.15. The Morgan fingerprint density at radius 3 is 2.33 bits per heavy atom. The Kier molecular flexibility index (Phi) is 14.1. The Labute approximate surface area is 202 Å². The number of unbranched alkanes of at least 4 members (excludes halogenated alkanes) is 11. The number of carbonyl (C=O) groups is 1. The molecular weight excluding hydrogens is 408 g/mol. The van der Waals surface area contributed by atoms with Gasteiger partial charge in [0.25, 0.3) is 0 Å². The number of hydrogen-bond donors (Lipinski definition) is 0. The van der Waals surface area contributed by atoms with Gasteiger partial charge in [-0.1, -0.05) is 95.2 Å². The van der Waals surface area contributed by atoms with Crippen molar-refractivity contribution < 1.29 is 14.3 Å². The zero-order valence-electron chi connectivity index (χ0n) is 20.8. The lowest BCUT2D eigenvalue weighted by Crippen LogP contribution is -2.04. The highest BCUT2D eigenvalue weighted by Crippen LogP contribution is 2.25. The molecule has 3 heteroatoms. The van der Waals surface area contributed by atoms with E-state index in [1.807, 2.05) is 30.4 Å². The normalized spacial score (nSPS) is 13.1. The van der Waals surface area contributed by atoms with Crippen LogP contribution >= 0.6 is 0 Å². The van der Waals surface area contributed by atoms with Crippen LogP contribution in [0.4, 0.5) is 0 Å². The lowest BCUT2D eigenvalue weighted by molar-refractivity contribution is -0.145. The topological polar surface area (TPSA) is 35.5 Å². The summed E-state index contributed by atoms with van der Waals surface area (Å²) in [7, 11) is 0. The Morgan fingerprint density at radius 2 is 1.61 bits per heavy atom. The Morgan fingerprint density at radius 1 is 0.939 bits per heavy atom. The third kappa shape index (κ3) is 12.5. The zero-order valence-corrected chi connectivity index (χ0v) is 20.8. The average molecular weight is 453 g/mol. The number of hydrogen-bond acceptors (Lipinski definition) is 3. The molecule has 0 saturated heterocycles. The standard InChI is InChI=1S/C30H44O3/c1-3-4-5-6-7-8-9-10-11-12-13-14-15-16-17-18-30(31)33-25-27-20-22-29-28(23-27)21-19-26(2)24-32-29/h10-11,19-23H,2-9,12-18,24-25H2,1H3/b11-10-. The van der Waals surface area contributed by atoms with Gasteiger partial charge in [0, 0.05) is 12.0 Å². The van der Waals surface area contributed by atoms with Gasteiger partial charge in [-0.15, -0.1) is 0 Å². The maximum absolute atomic E-state index is 12.1. The third-order valence-corrected chi connectivity index (χ3v) is 6.03. The number of carbonyl (C=O) groups excluding carboxylic acids is 1. The van der Waals surface area contributed by atoms with Gasteiger partial charge in [0.2, 0.25) is 0 Å². The SMILES string of the molecule is C=C1C=Cc2cc(COC(=O)CCCCCCC/C=C\CCCCCCCC)ccc2OC1. The molecule has 1 aromatic carbocycles. The van der Waals surface area contributed by atoms with Crippen molar-refractivity contribution in [2.45, 2.75) is 103 Å². The fraction of sp³-hybridized carbons (Fsp3) is 0.567. The molecule has 0 amide bonds. The molecule has 3 nitrogen and oxygen atoms in total. The first-order valence-electron chi connectivity index (χ1n) is 13.1. The molecule has 0 atom stereocenters. The first-order chi connectivity index (χ1) is 16.2. The molecule has 1 aliphatic heterocycles. The highest BCUT2D eigenvalue weighted by molar-refractivity contribution is 5.69. The van der Waals surface area contributed by atoms with Crippen LogP contribution in [0.3, 0.4) is 0 Å². The summed E-state index contributed by atoms with van der Waals surface area (Å²) in [6.45, 7) is 7.02. The Balaban J connectivity index is 1.44. The second kappa shape index (κ2) is 17.2. The van der Waals surface area contributed by atoms with Crippen molar-refractivity contribution in [3.8, 4) is 5.75 Å². The molecule has 0 aromatic heterocycles. The van der Waals surface area contributed by atoms with Crippen LogP contribution in [-0.2, 0) is 16.1 Å². The van der Waals surface area contributed by atoms with Crippen LogP contribution in [0.5, 0.6) is 5.75 Å². The minimum Gasteiger partial charge on any atom is -0.488 e. The van der Waals surface area contributed by atoms with E-state index in [-0.39, 0.29) is 5.97 Å². The second-order valence-corrected chi connectivity index (χ2v) is 9.15. The van der Waals surface area contributed by atoms with Gasteiger partial charge in [-0.05, 0) is 55.4 Å². The van der Waals surface area contributed by atoms with Gasteiger partial charge < -0.3 is 9.47 Å². The molecule has 182 valence electrons. The summed E-state index contributed by atoms with van der Waals surface area (Å²) in [5, 5.41) is 0. The van der Waals surface area contributed by atoms with Crippen LogP contribution in [-0.4, -0.2) is 12.6 Å². The van der Waals surface area contributed by atoms with Crippen LogP contribution in [0.1, 0.15) is 108 Å². The van der Waals surface area contributed by atoms with Crippen molar-refractivity contribution in [3.05, 3.63) is 59.7 Å². The molecule has 0 N–H and O–H groups in total. The van der Waals surface area contributed by atoms with Gasteiger partial charge in [-0.25, -0.2) is 0 Å². The van der Waals surface area contributed by atoms with Crippen LogP contribution < -0.4 is 4.74 Å². The van der Waals surface area contributed by atoms with Crippen molar-refractivity contribution in [2.24, 2.45) is 0 Å². The molecule has 1 aliphatic rings. The molecular formula is C30H44O3. The van der Waals surface area contributed by atoms with Gasteiger partial charge in [-0.3, -0.25) is 4.79 Å². The summed E-state index contributed by atoms with van der Waals surface area (Å²) in [5.74, 6) is 0.732. The molecule has 0 saturated carbocycles. The fourth-order valence-corrected chi connectivity index (χ4v) is 3.95. The van der Waals surface area contributed by atoms with Crippen molar-refractivity contribution in [1.29, 1.82) is 0 Å². The summed E-state index contributed by atoms with van der Waals surface area (Å²) in [6, 6.07) is 5.90. The van der Waals surface area contributed by atoms with E-state index in [4.69, 9.17) is 9.47 Å². The molecule has 0 fully saturated rings. The van der Waals surface area contributed by atoms with E-state index >= 15 is 0 Å². The van der Waals surface area contributed by atoms with Gasteiger partial charge in [0.1, 0.15) is 19.0 Å². The zero-order chi connectivity index (χ0) is 23.6. The van der Waals surface area contributed by atoms with E-state index in [0.717, 1.165) is 35.3 Å². The van der Waals surface area contributed by atoms with Crippen molar-refractivity contribution in [2.75, 3.05) is 6.61 Å². The van der Waals surface area contributed by atoms with Gasteiger partial charge in [-0.2, -0.15) is 0 Å². The number of esters is 1. The molecule has 33 heavy (non-hydrogen) atoms. The molecule has 1 aromatic rings. The average Bonchev–Trinajstić information content (AvgIpc) is 3.01. The molecule has 0 radical (unpaired) electrons. The predicted molar refractivity (Wildman–Crippen MR) is 139 cm³/mol. The summed E-state index contributed by atoms with van der Waals surface area (Å²) in [6.07, 6.45) is 25.5. The third-order valence-electron chi connectivity index (χ3n) is 6.03. The van der Waals surface area contributed by atoms with Crippen molar-refractivity contribution in [1.82, 2.24) is 0 Å². The summed E-state index contributed by atoms with van der Waals surface area (Å²) in [5.41, 5.74) is 2.92. The highest BCUT2D eigenvalue weighted by Gasteiger charge is 2.09. The molecule has 0 spiro atoms. The fourth-order valence-electron chi connectivity index (χ4n) is 3.95. The minimum atomic E-state index is -0.109. The van der Waals surface area contributed by atoms with Crippen molar-refractivity contribution in [3.63, 3.8) is 0 Å². The minimum absolute atomic E-state index is 0.109. The van der Waals surface area contributed by atoms with E-state index in [2.05, 4.69) is 25.7 Å². The molecule has 2 rings (SSSR count). The van der Waals surface area contributed by atoms with Gasteiger partial charge in [0.05, 0.1) is 0 Å². The largest absolute Gasteiger partial charge is 0.488 e. The monoisotopic (exact) mass is 452 g/mol. The number of fused-ring (bicyclic) bond motifs is 1. The predicted octanol–water partition coefficient (Wildman–Crippen LogP) is 8.73. The highest BCUT2D eigenvalue weighted by atomic mass is 16.5. The van der Waals surface area contributed by atoms with Crippen LogP contribution in [0.25, 0.3) is 6.08 Å². The number of allylic oxidation sites excluding steroid dienone is 2. The number of ether oxygens (including phenoxy) is 2. The first kappa shape index (κ1) is 27.0. The van der Waals surface area contributed by atoms with E-state index in [9.17, 15) is 4.79 Å². The Hall–Kier alpha value is -2.29. The lowest BCUT2D eigenvalue weighted by atomic mass is 10.1. The lowest BCUT2D eigenvalue weighted by Gasteiger charge is -2.09. The maximum atomic E-state index is 12.1. The molecule has 0 aliphatic carbocycles. The smallest absolute Gasteiger partial charge is 0.306 e. The number of rotatable bonds is 17. The van der Waals surface area contributed by atoms with Crippen LogP contribution in [0, 0.1) is 0 Å². The molecule has 0 bridgehead atoms. The van der Waals surface area contributed by atoms with Crippen LogP contribution in [0.2, 0.25) is 0 Å². The Bertz CT molecular complexity index is 760. The van der Waals surface area contributed by atoms with E-state index in [1.165, 1.54) is 70.6 Å². The molecule has 0 unspecified atom stereocenters. The van der Waals surface area contributed by atoms with Gasteiger partial charge >= 0.3 is 5.97 Å². The molecule has 1 heterocycles. The van der Waals surface area contributed by atoms with Gasteiger partial charge in [0.15, 0.2) is 0 Å². The summed E-state index contributed by atoms with van der Waals surface area (Å²) >= 11 is 0. The summed E-state index contributed by atoms with van der Waals surface area (Å²) in [4.78, 5) is 12.1. The summed E-state index contributed by atoms with van der Waals surface area (Å²) < 4.78 is 11.2. The first-order valence-corrected chi connectivity index (χ1v) is 13.1. The van der Waals surface area contributed by atoms with E-state index < -0.39 is 0 Å².